The normalized spacial score (nSPS) is 11.7. The standard InChI is InChI=1S/C12H18O3/c1-4-5-12(2,3)7-9-6-10(13)11(14)8-15-9/h6,8,14H,4-5,7H2,1-3H3. The molecular weight excluding hydrogens is 192 g/mol. The van der Waals surface area contributed by atoms with Gasteiger partial charge in [-0.25, -0.2) is 0 Å². The molecule has 1 rings (SSSR count). The molecule has 0 saturated carbocycles. The van der Waals surface area contributed by atoms with Crippen LogP contribution in [-0.2, 0) is 6.42 Å². The molecule has 3 heteroatoms. The first-order chi connectivity index (χ1) is 6.94. The summed E-state index contributed by atoms with van der Waals surface area (Å²) in [5, 5.41) is 9.04. The zero-order valence-corrected chi connectivity index (χ0v) is 9.54. The van der Waals surface area contributed by atoms with E-state index >= 15 is 0 Å². The van der Waals surface area contributed by atoms with Gasteiger partial charge in [-0.2, -0.15) is 0 Å². The Balaban J connectivity index is 2.81. The Morgan fingerprint density at radius 3 is 2.67 bits per heavy atom. The summed E-state index contributed by atoms with van der Waals surface area (Å²) >= 11 is 0. The van der Waals surface area contributed by atoms with Crippen molar-refractivity contribution in [2.45, 2.75) is 40.0 Å². The van der Waals surface area contributed by atoms with Gasteiger partial charge in [0.25, 0.3) is 0 Å². The van der Waals surface area contributed by atoms with Gasteiger partial charge in [-0.3, -0.25) is 4.79 Å². The van der Waals surface area contributed by atoms with Gasteiger partial charge in [0.05, 0.1) is 0 Å². The van der Waals surface area contributed by atoms with Crippen LogP contribution >= 0.6 is 0 Å². The van der Waals surface area contributed by atoms with Crippen molar-refractivity contribution in [3.63, 3.8) is 0 Å². The molecule has 0 spiro atoms. The molecule has 0 aromatic carbocycles. The van der Waals surface area contributed by atoms with Crippen molar-refractivity contribution in [2.24, 2.45) is 5.41 Å². The topological polar surface area (TPSA) is 50.4 Å². The molecule has 0 saturated heterocycles. The van der Waals surface area contributed by atoms with Crippen LogP contribution in [0.15, 0.2) is 21.5 Å². The molecular formula is C12H18O3. The number of hydrogen-bond acceptors (Lipinski definition) is 3. The Hall–Kier alpha value is -1.25. The smallest absolute Gasteiger partial charge is 0.226 e. The fourth-order valence-electron chi connectivity index (χ4n) is 1.77. The summed E-state index contributed by atoms with van der Waals surface area (Å²) in [6.45, 7) is 6.42. The predicted molar refractivity (Wildman–Crippen MR) is 59.0 cm³/mol. The third kappa shape index (κ3) is 3.42. The molecule has 3 nitrogen and oxygen atoms in total. The zero-order valence-electron chi connectivity index (χ0n) is 9.54. The van der Waals surface area contributed by atoms with E-state index in [0.29, 0.717) is 5.76 Å². The van der Waals surface area contributed by atoms with E-state index in [1.165, 1.54) is 6.07 Å². The largest absolute Gasteiger partial charge is 0.502 e. The first-order valence-corrected chi connectivity index (χ1v) is 5.25. The SMILES string of the molecule is CCCC(C)(C)Cc1cc(=O)c(O)co1. The Kier molecular flexibility index (Phi) is 3.56. The third-order valence-electron chi connectivity index (χ3n) is 2.45. The molecule has 0 radical (unpaired) electrons. The van der Waals surface area contributed by atoms with E-state index < -0.39 is 0 Å². The molecule has 1 heterocycles. The van der Waals surface area contributed by atoms with Crippen LogP contribution in [0.25, 0.3) is 0 Å². The van der Waals surface area contributed by atoms with E-state index in [4.69, 9.17) is 9.52 Å². The minimum Gasteiger partial charge on any atom is -0.502 e. The summed E-state index contributed by atoms with van der Waals surface area (Å²) in [6, 6.07) is 1.37. The molecule has 1 N–H and O–H groups in total. The van der Waals surface area contributed by atoms with Crippen molar-refractivity contribution < 1.29 is 9.52 Å². The Morgan fingerprint density at radius 1 is 1.47 bits per heavy atom. The minimum atomic E-state index is -0.372. The highest BCUT2D eigenvalue weighted by molar-refractivity contribution is 5.16. The molecule has 0 aliphatic rings. The highest BCUT2D eigenvalue weighted by Gasteiger charge is 2.19. The van der Waals surface area contributed by atoms with Crippen LogP contribution < -0.4 is 5.43 Å². The van der Waals surface area contributed by atoms with Gasteiger partial charge in [0, 0.05) is 12.5 Å². The Morgan fingerprint density at radius 2 is 2.13 bits per heavy atom. The lowest BCUT2D eigenvalue weighted by atomic mass is 9.84. The summed E-state index contributed by atoms with van der Waals surface area (Å²) in [6.07, 6.45) is 4.02. The highest BCUT2D eigenvalue weighted by atomic mass is 16.3. The van der Waals surface area contributed by atoms with Crippen molar-refractivity contribution >= 4 is 0 Å². The van der Waals surface area contributed by atoms with Crippen molar-refractivity contribution in [2.75, 3.05) is 0 Å². The van der Waals surface area contributed by atoms with E-state index in [2.05, 4.69) is 20.8 Å². The number of hydrogen-bond donors (Lipinski definition) is 1. The van der Waals surface area contributed by atoms with Gasteiger partial charge in [-0.05, 0) is 11.8 Å². The summed E-state index contributed by atoms with van der Waals surface area (Å²) in [5.41, 5.74) is -0.245. The second kappa shape index (κ2) is 4.51. The molecule has 0 atom stereocenters. The van der Waals surface area contributed by atoms with Crippen molar-refractivity contribution in [3.05, 3.63) is 28.3 Å². The van der Waals surface area contributed by atoms with E-state index in [1.54, 1.807) is 0 Å². The van der Waals surface area contributed by atoms with Crippen LogP contribution in [0.4, 0.5) is 0 Å². The van der Waals surface area contributed by atoms with Crippen molar-refractivity contribution in [1.82, 2.24) is 0 Å². The van der Waals surface area contributed by atoms with Crippen LogP contribution in [0.5, 0.6) is 5.75 Å². The quantitative estimate of drug-likeness (QED) is 0.831. The second-order valence-electron chi connectivity index (χ2n) is 4.69. The molecule has 0 aliphatic heterocycles. The molecule has 0 fully saturated rings. The van der Waals surface area contributed by atoms with Crippen LogP contribution in [0.3, 0.4) is 0 Å². The number of aromatic hydroxyl groups is 1. The average molecular weight is 210 g/mol. The highest BCUT2D eigenvalue weighted by Crippen LogP contribution is 2.27. The van der Waals surface area contributed by atoms with Crippen LogP contribution in [-0.4, -0.2) is 5.11 Å². The molecule has 84 valence electrons. The number of rotatable bonds is 4. The molecule has 15 heavy (non-hydrogen) atoms. The zero-order chi connectivity index (χ0) is 11.5. The summed E-state index contributed by atoms with van der Waals surface area (Å²) in [4.78, 5) is 11.2. The third-order valence-corrected chi connectivity index (χ3v) is 2.45. The van der Waals surface area contributed by atoms with Crippen LogP contribution in [0.2, 0.25) is 0 Å². The molecule has 1 aromatic heterocycles. The average Bonchev–Trinajstić information content (AvgIpc) is 2.10. The molecule has 0 bridgehead atoms. The maximum absolute atomic E-state index is 11.2. The van der Waals surface area contributed by atoms with Gasteiger partial charge in [0.2, 0.25) is 5.43 Å². The van der Waals surface area contributed by atoms with Gasteiger partial charge in [0.1, 0.15) is 12.0 Å². The lowest BCUT2D eigenvalue weighted by Crippen LogP contribution is -2.15. The van der Waals surface area contributed by atoms with Gasteiger partial charge in [-0.15, -0.1) is 0 Å². The molecule has 0 unspecified atom stereocenters. The minimum absolute atomic E-state index is 0.127. The van der Waals surface area contributed by atoms with E-state index in [-0.39, 0.29) is 16.6 Å². The summed E-state index contributed by atoms with van der Waals surface area (Å²) < 4.78 is 5.17. The molecule has 0 amide bonds. The fraction of sp³-hybridized carbons (Fsp3) is 0.583. The summed E-state index contributed by atoms with van der Waals surface area (Å²) in [7, 11) is 0. The van der Waals surface area contributed by atoms with Gasteiger partial charge in [0.15, 0.2) is 5.75 Å². The van der Waals surface area contributed by atoms with Crippen LogP contribution in [0.1, 0.15) is 39.4 Å². The second-order valence-corrected chi connectivity index (χ2v) is 4.69. The van der Waals surface area contributed by atoms with Gasteiger partial charge >= 0.3 is 0 Å². The first-order valence-electron chi connectivity index (χ1n) is 5.25. The maximum atomic E-state index is 11.2. The van der Waals surface area contributed by atoms with Crippen LogP contribution in [0, 0.1) is 5.41 Å². The first kappa shape index (κ1) is 11.8. The monoisotopic (exact) mass is 210 g/mol. The Bertz CT molecular complexity index is 377. The molecule has 0 aliphatic carbocycles. The fourth-order valence-corrected chi connectivity index (χ4v) is 1.77. The van der Waals surface area contributed by atoms with E-state index in [1.807, 2.05) is 0 Å². The summed E-state index contributed by atoms with van der Waals surface area (Å²) in [5.74, 6) is 0.309. The van der Waals surface area contributed by atoms with Crippen molar-refractivity contribution in [1.29, 1.82) is 0 Å². The van der Waals surface area contributed by atoms with E-state index in [9.17, 15) is 4.79 Å². The maximum Gasteiger partial charge on any atom is 0.226 e. The van der Waals surface area contributed by atoms with Gasteiger partial charge < -0.3 is 9.52 Å². The Labute approximate surface area is 89.7 Å². The predicted octanol–water partition coefficient (Wildman–Crippen LogP) is 2.71. The molecule has 1 aromatic rings. The van der Waals surface area contributed by atoms with Crippen molar-refractivity contribution in [3.8, 4) is 5.75 Å². The lowest BCUT2D eigenvalue weighted by Gasteiger charge is -2.22. The lowest BCUT2D eigenvalue weighted by molar-refractivity contribution is 0.294. The van der Waals surface area contributed by atoms with E-state index in [0.717, 1.165) is 25.5 Å². The van der Waals surface area contributed by atoms with Gasteiger partial charge in [-0.1, -0.05) is 27.2 Å².